The summed E-state index contributed by atoms with van der Waals surface area (Å²) in [5.74, 6) is 0.702. The molecular weight excluding hydrogens is 332 g/mol. The zero-order valence-corrected chi connectivity index (χ0v) is 13.3. The third-order valence-corrected chi connectivity index (χ3v) is 3.41. The Morgan fingerprint density at radius 3 is 2.62 bits per heavy atom. The normalized spacial score (nSPS) is 10.2. The molecule has 21 heavy (non-hydrogen) atoms. The quantitative estimate of drug-likeness (QED) is 0.808. The zero-order valence-electron chi connectivity index (χ0n) is 11.7. The van der Waals surface area contributed by atoms with Crippen molar-refractivity contribution in [3.8, 4) is 5.75 Å². The Labute approximate surface area is 132 Å². The van der Waals surface area contributed by atoms with Crippen LogP contribution in [0.2, 0.25) is 0 Å². The average molecular weight is 349 g/mol. The molecule has 110 valence electrons. The van der Waals surface area contributed by atoms with Gasteiger partial charge in [-0.2, -0.15) is 0 Å². The fourth-order valence-electron chi connectivity index (χ4n) is 1.82. The fraction of sp³-hybridized carbons (Fsp3) is 0.188. The van der Waals surface area contributed by atoms with Crippen LogP contribution in [0, 0.1) is 6.92 Å². The molecule has 2 rings (SSSR count). The number of rotatable bonds is 5. The lowest BCUT2D eigenvalue weighted by molar-refractivity contribution is -0.116. The van der Waals surface area contributed by atoms with Crippen LogP contribution in [0.5, 0.6) is 5.75 Å². The molecule has 0 aliphatic carbocycles. The van der Waals surface area contributed by atoms with E-state index in [-0.39, 0.29) is 5.91 Å². The standard InChI is InChI=1S/C16H17BrN2O2/c1-11-10-12(17)2-7-15(11)21-9-8-16(20)19-14-5-3-13(18)4-6-14/h2-7,10H,8-9,18H2,1H3,(H,19,20). The highest BCUT2D eigenvalue weighted by Gasteiger charge is 2.04. The summed E-state index contributed by atoms with van der Waals surface area (Å²) in [6.45, 7) is 2.30. The number of nitrogens with one attached hydrogen (secondary N) is 1. The SMILES string of the molecule is Cc1cc(Br)ccc1OCCC(=O)Nc1ccc(N)cc1. The lowest BCUT2D eigenvalue weighted by Gasteiger charge is -2.10. The van der Waals surface area contributed by atoms with Crippen LogP contribution in [-0.4, -0.2) is 12.5 Å². The number of hydrogen-bond acceptors (Lipinski definition) is 3. The van der Waals surface area contributed by atoms with Gasteiger partial charge in [0.15, 0.2) is 0 Å². The average Bonchev–Trinajstić information content (AvgIpc) is 2.44. The highest BCUT2D eigenvalue weighted by Crippen LogP contribution is 2.22. The number of halogens is 1. The van der Waals surface area contributed by atoms with Gasteiger partial charge in [0.2, 0.25) is 5.91 Å². The van der Waals surface area contributed by atoms with Crippen molar-refractivity contribution in [1.29, 1.82) is 0 Å². The molecule has 0 bridgehead atoms. The highest BCUT2D eigenvalue weighted by molar-refractivity contribution is 9.10. The Hall–Kier alpha value is -2.01. The highest BCUT2D eigenvalue weighted by atomic mass is 79.9. The Morgan fingerprint density at radius 1 is 1.24 bits per heavy atom. The number of carbonyl (C=O) groups excluding carboxylic acids is 1. The van der Waals surface area contributed by atoms with E-state index in [2.05, 4.69) is 21.2 Å². The number of benzene rings is 2. The van der Waals surface area contributed by atoms with Gasteiger partial charge in [-0.1, -0.05) is 15.9 Å². The fourth-order valence-corrected chi connectivity index (χ4v) is 2.29. The Balaban J connectivity index is 1.80. The molecule has 0 atom stereocenters. The van der Waals surface area contributed by atoms with E-state index in [4.69, 9.17) is 10.5 Å². The number of hydrogen-bond donors (Lipinski definition) is 2. The molecule has 5 heteroatoms. The first-order valence-corrected chi connectivity index (χ1v) is 7.38. The molecule has 0 unspecified atom stereocenters. The molecule has 3 N–H and O–H groups in total. The summed E-state index contributed by atoms with van der Waals surface area (Å²) >= 11 is 3.40. The van der Waals surface area contributed by atoms with Crippen LogP contribution in [0.1, 0.15) is 12.0 Å². The van der Waals surface area contributed by atoms with Crippen LogP contribution >= 0.6 is 15.9 Å². The molecule has 0 spiro atoms. The minimum atomic E-state index is -0.0884. The summed E-state index contributed by atoms with van der Waals surface area (Å²) in [5, 5.41) is 2.80. The number of ether oxygens (including phenoxy) is 1. The zero-order chi connectivity index (χ0) is 15.2. The lowest BCUT2D eigenvalue weighted by atomic mass is 10.2. The molecule has 0 aliphatic rings. The molecule has 1 amide bonds. The number of aryl methyl sites for hydroxylation is 1. The van der Waals surface area contributed by atoms with Crippen molar-refractivity contribution in [2.24, 2.45) is 0 Å². The van der Waals surface area contributed by atoms with Gasteiger partial charge in [0.05, 0.1) is 13.0 Å². The van der Waals surface area contributed by atoms with Crippen molar-refractivity contribution in [3.63, 3.8) is 0 Å². The molecular formula is C16H17BrN2O2. The topological polar surface area (TPSA) is 64.3 Å². The molecule has 0 saturated carbocycles. The van der Waals surface area contributed by atoms with Crippen molar-refractivity contribution in [2.75, 3.05) is 17.7 Å². The summed E-state index contributed by atoms with van der Waals surface area (Å²) in [7, 11) is 0. The van der Waals surface area contributed by atoms with Crippen LogP contribution < -0.4 is 15.8 Å². The van der Waals surface area contributed by atoms with Crippen LogP contribution in [0.25, 0.3) is 0 Å². The summed E-state index contributed by atoms with van der Waals surface area (Å²) < 4.78 is 6.63. The molecule has 0 aliphatic heterocycles. The van der Waals surface area contributed by atoms with Crippen molar-refractivity contribution < 1.29 is 9.53 Å². The first-order valence-electron chi connectivity index (χ1n) is 6.59. The van der Waals surface area contributed by atoms with E-state index in [1.165, 1.54) is 0 Å². The number of nitrogens with two attached hydrogens (primary N) is 1. The maximum atomic E-state index is 11.8. The van der Waals surface area contributed by atoms with Gasteiger partial charge in [0.1, 0.15) is 5.75 Å². The number of carbonyl (C=O) groups is 1. The summed E-state index contributed by atoms with van der Waals surface area (Å²) in [4.78, 5) is 11.8. The predicted molar refractivity (Wildman–Crippen MR) is 88.5 cm³/mol. The van der Waals surface area contributed by atoms with Gasteiger partial charge in [-0.25, -0.2) is 0 Å². The second-order valence-corrected chi connectivity index (χ2v) is 5.59. The van der Waals surface area contributed by atoms with E-state index in [0.717, 1.165) is 21.5 Å². The van der Waals surface area contributed by atoms with E-state index in [0.29, 0.717) is 18.7 Å². The van der Waals surface area contributed by atoms with Crippen LogP contribution in [0.15, 0.2) is 46.9 Å². The predicted octanol–water partition coefficient (Wildman–Crippen LogP) is 3.75. The molecule has 0 radical (unpaired) electrons. The van der Waals surface area contributed by atoms with Gasteiger partial charge in [0.25, 0.3) is 0 Å². The number of anilines is 2. The summed E-state index contributed by atoms with van der Waals surface area (Å²) in [5.41, 5.74) is 8.02. The minimum Gasteiger partial charge on any atom is -0.493 e. The van der Waals surface area contributed by atoms with Gasteiger partial charge in [-0.05, 0) is 55.0 Å². The third kappa shape index (κ3) is 4.79. The van der Waals surface area contributed by atoms with Crippen LogP contribution in [0.3, 0.4) is 0 Å². The van der Waals surface area contributed by atoms with Crippen molar-refractivity contribution in [2.45, 2.75) is 13.3 Å². The minimum absolute atomic E-state index is 0.0884. The largest absolute Gasteiger partial charge is 0.493 e. The maximum Gasteiger partial charge on any atom is 0.227 e. The van der Waals surface area contributed by atoms with Gasteiger partial charge in [-0.3, -0.25) is 4.79 Å². The lowest BCUT2D eigenvalue weighted by Crippen LogP contribution is -2.15. The van der Waals surface area contributed by atoms with Gasteiger partial charge < -0.3 is 15.8 Å². The van der Waals surface area contributed by atoms with Gasteiger partial charge >= 0.3 is 0 Å². The summed E-state index contributed by atoms with van der Waals surface area (Å²) in [6, 6.07) is 12.8. The monoisotopic (exact) mass is 348 g/mol. The van der Waals surface area contributed by atoms with E-state index in [1.807, 2.05) is 25.1 Å². The van der Waals surface area contributed by atoms with Gasteiger partial charge in [0, 0.05) is 15.8 Å². The Morgan fingerprint density at radius 2 is 1.95 bits per heavy atom. The van der Waals surface area contributed by atoms with E-state index >= 15 is 0 Å². The van der Waals surface area contributed by atoms with Crippen molar-refractivity contribution >= 4 is 33.2 Å². The van der Waals surface area contributed by atoms with Gasteiger partial charge in [-0.15, -0.1) is 0 Å². The van der Waals surface area contributed by atoms with Crippen molar-refractivity contribution in [1.82, 2.24) is 0 Å². The second-order valence-electron chi connectivity index (χ2n) is 4.68. The maximum absolute atomic E-state index is 11.8. The molecule has 0 heterocycles. The number of nitrogen functional groups attached to an aromatic ring is 1. The van der Waals surface area contributed by atoms with Crippen LogP contribution in [0.4, 0.5) is 11.4 Å². The van der Waals surface area contributed by atoms with E-state index in [1.54, 1.807) is 24.3 Å². The second kappa shape index (κ2) is 7.13. The smallest absolute Gasteiger partial charge is 0.227 e. The number of amides is 1. The molecule has 2 aromatic rings. The first-order chi connectivity index (χ1) is 10.0. The summed E-state index contributed by atoms with van der Waals surface area (Å²) in [6.07, 6.45) is 0.292. The van der Waals surface area contributed by atoms with E-state index < -0.39 is 0 Å². The molecule has 2 aromatic carbocycles. The molecule has 4 nitrogen and oxygen atoms in total. The van der Waals surface area contributed by atoms with Crippen LogP contribution in [-0.2, 0) is 4.79 Å². The first kappa shape index (κ1) is 15.4. The molecule has 0 aromatic heterocycles. The van der Waals surface area contributed by atoms with Crippen molar-refractivity contribution in [3.05, 3.63) is 52.5 Å². The Bertz CT molecular complexity index is 627. The molecule has 0 saturated heterocycles. The third-order valence-electron chi connectivity index (χ3n) is 2.92. The Kier molecular flexibility index (Phi) is 5.22. The van der Waals surface area contributed by atoms with E-state index in [9.17, 15) is 4.79 Å². The molecule has 0 fully saturated rings.